The van der Waals surface area contributed by atoms with Gasteiger partial charge in [-0.15, -0.1) is 5.54 Å². The van der Waals surface area contributed by atoms with E-state index < -0.39 is 8.07 Å². The first-order valence-corrected chi connectivity index (χ1v) is 10.3. The van der Waals surface area contributed by atoms with Gasteiger partial charge in [0.25, 0.3) is 0 Å². The molecule has 2 aromatic rings. The van der Waals surface area contributed by atoms with Crippen molar-refractivity contribution in [2.24, 2.45) is 0 Å². The van der Waals surface area contributed by atoms with Crippen LogP contribution in [0.25, 0.3) is 0 Å². The number of benzene rings is 2. The van der Waals surface area contributed by atoms with Crippen molar-refractivity contribution in [3.05, 3.63) is 65.7 Å². The van der Waals surface area contributed by atoms with E-state index in [0.717, 1.165) is 12.1 Å². The van der Waals surface area contributed by atoms with E-state index in [-0.39, 0.29) is 0 Å². The fraction of sp³-hybridized carbons (Fsp3) is 0.263. The summed E-state index contributed by atoms with van der Waals surface area (Å²) in [6.07, 6.45) is 0. The molecule has 0 N–H and O–H groups in total. The predicted octanol–water partition coefficient (Wildman–Crippen LogP) is 3.25. The summed E-state index contributed by atoms with van der Waals surface area (Å²) >= 11 is 0. The molecule has 2 rings (SSSR count). The molecule has 1 nitrogen and oxygen atoms in total. The van der Waals surface area contributed by atoms with Gasteiger partial charge in [0.15, 0.2) is 8.07 Å². The zero-order valence-electron chi connectivity index (χ0n) is 13.4. The van der Waals surface area contributed by atoms with Crippen molar-refractivity contribution in [3.63, 3.8) is 0 Å². The maximum Gasteiger partial charge on any atom is 0.163 e. The van der Waals surface area contributed by atoms with Gasteiger partial charge < -0.3 is 4.90 Å². The Morgan fingerprint density at radius 3 is 2.19 bits per heavy atom. The Morgan fingerprint density at radius 1 is 0.905 bits per heavy atom. The molecule has 0 radical (unpaired) electrons. The lowest BCUT2D eigenvalue weighted by atomic mass is 10.2. The Hall–Kier alpha value is -1.82. The first kappa shape index (κ1) is 15.6. The molecule has 21 heavy (non-hydrogen) atoms. The topological polar surface area (TPSA) is 3.24 Å². The molecule has 0 saturated carbocycles. The Balaban J connectivity index is 2.34. The quantitative estimate of drug-likeness (QED) is 0.620. The Kier molecular flexibility index (Phi) is 5.01. The number of nitrogens with zero attached hydrogens (tertiary/aromatic N) is 1. The average Bonchev–Trinajstić information content (AvgIpc) is 2.46. The van der Waals surface area contributed by atoms with E-state index in [1.807, 2.05) is 18.2 Å². The lowest BCUT2D eigenvalue weighted by Crippen LogP contribution is -2.43. The smallest absolute Gasteiger partial charge is 0.163 e. The molecule has 108 valence electrons. The summed E-state index contributed by atoms with van der Waals surface area (Å²) in [7, 11) is 2.46. The minimum Gasteiger partial charge on any atom is -0.305 e. The third-order valence-corrected chi connectivity index (χ3v) is 6.05. The van der Waals surface area contributed by atoms with Gasteiger partial charge in [-0.3, -0.25) is 0 Å². The Labute approximate surface area is 129 Å². The van der Waals surface area contributed by atoms with Crippen LogP contribution in [0.2, 0.25) is 13.1 Å². The van der Waals surface area contributed by atoms with Crippen LogP contribution in [0, 0.1) is 11.5 Å². The molecule has 0 atom stereocenters. The second kappa shape index (κ2) is 6.75. The predicted molar refractivity (Wildman–Crippen MR) is 94.3 cm³/mol. The van der Waals surface area contributed by atoms with Crippen LogP contribution in [0.3, 0.4) is 0 Å². The molecule has 0 amide bonds. The molecule has 0 heterocycles. The van der Waals surface area contributed by atoms with Crippen LogP contribution in [0.15, 0.2) is 54.6 Å². The summed E-state index contributed by atoms with van der Waals surface area (Å²) in [5.41, 5.74) is 6.08. The maximum absolute atomic E-state index is 3.58. The molecule has 0 fully saturated rings. The molecular weight excluding hydrogens is 270 g/mol. The first-order chi connectivity index (χ1) is 9.99. The molecule has 0 spiro atoms. The van der Waals surface area contributed by atoms with Gasteiger partial charge in [0.1, 0.15) is 0 Å². The van der Waals surface area contributed by atoms with E-state index >= 15 is 0 Å². The van der Waals surface area contributed by atoms with Crippen LogP contribution in [0.4, 0.5) is 0 Å². The second-order valence-corrected chi connectivity index (χ2v) is 10.2. The van der Waals surface area contributed by atoms with Crippen molar-refractivity contribution >= 4 is 13.3 Å². The van der Waals surface area contributed by atoms with E-state index in [1.54, 1.807) is 0 Å². The molecule has 0 aliphatic carbocycles. The van der Waals surface area contributed by atoms with Crippen LogP contribution < -0.4 is 5.19 Å². The zero-order valence-corrected chi connectivity index (χ0v) is 14.4. The zero-order chi connectivity index (χ0) is 15.3. The van der Waals surface area contributed by atoms with Crippen molar-refractivity contribution in [2.75, 3.05) is 14.1 Å². The Bertz CT molecular complexity index is 648. The number of rotatable bonds is 3. The molecule has 0 bridgehead atoms. The highest BCUT2D eigenvalue weighted by Gasteiger charge is 2.24. The van der Waals surface area contributed by atoms with Crippen molar-refractivity contribution in [3.8, 4) is 11.5 Å². The Morgan fingerprint density at radius 2 is 1.52 bits per heavy atom. The maximum atomic E-state index is 3.58. The number of hydrogen-bond acceptors (Lipinski definition) is 1. The van der Waals surface area contributed by atoms with Crippen LogP contribution in [-0.4, -0.2) is 27.1 Å². The van der Waals surface area contributed by atoms with Gasteiger partial charge in [0, 0.05) is 12.1 Å². The molecule has 0 unspecified atom stereocenters. The molecule has 2 heteroatoms. The minimum atomic E-state index is -1.76. The van der Waals surface area contributed by atoms with Gasteiger partial charge in [0.2, 0.25) is 0 Å². The SMILES string of the molecule is CN(C)Cc1ccccc1[Si](C)(C)C#Cc1ccccc1. The van der Waals surface area contributed by atoms with Crippen molar-refractivity contribution in [1.82, 2.24) is 4.90 Å². The van der Waals surface area contributed by atoms with Crippen LogP contribution in [-0.2, 0) is 6.54 Å². The second-order valence-electron chi connectivity index (χ2n) is 6.14. The highest BCUT2D eigenvalue weighted by atomic mass is 28.3. The molecular formula is C19H23NSi. The molecule has 0 aliphatic heterocycles. The lowest BCUT2D eigenvalue weighted by molar-refractivity contribution is 0.403. The summed E-state index contributed by atoms with van der Waals surface area (Å²) in [6, 6.07) is 19.0. The monoisotopic (exact) mass is 293 g/mol. The van der Waals surface area contributed by atoms with Gasteiger partial charge >= 0.3 is 0 Å². The van der Waals surface area contributed by atoms with E-state index in [0.29, 0.717) is 0 Å². The summed E-state index contributed by atoms with van der Waals surface area (Å²) in [4.78, 5) is 2.22. The van der Waals surface area contributed by atoms with E-state index in [1.165, 1.54) is 10.8 Å². The van der Waals surface area contributed by atoms with Crippen LogP contribution in [0.5, 0.6) is 0 Å². The van der Waals surface area contributed by atoms with Crippen molar-refractivity contribution in [2.45, 2.75) is 19.6 Å². The highest BCUT2D eigenvalue weighted by molar-refractivity contribution is 6.96. The van der Waals surface area contributed by atoms with Crippen molar-refractivity contribution in [1.29, 1.82) is 0 Å². The summed E-state index contributed by atoms with van der Waals surface area (Å²) in [5.74, 6) is 3.36. The first-order valence-electron chi connectivity index (χ1n) is 7.30. The third kappa shape index (κ3) is 4.32. The van der Waals surface area contributed by atoms with Gasteiger partial charge in [-0.1, -0.05) is 61.5 Å². The van der Waals surface area contributed by atoms with E-state index in [2.05, 4.69) is 80.0 Å². The summed E-state index contributed by atoms with van der Waals surface area (Å²) < 4.78 is 0. The molecule has 0 aromatic heterocycles. The van der Waals surface area contributed by atoms with Gasteiger partial charge in [-0.25, -0.2) is 0 Å². The van der Waals surface area contributed by atoms with Gasteiger partial charge in [-0.2, -0.15) is 0 Å². The normalized spacial score (nSPS) is 11.1. The van der Waals surface area contributed by atoms with Crippen molar-refractivity contribution < 1.29 is 0 Å². The molecule has 0 saturated heterocycles. The van der Waals surface area contributed by atoms with Crippen LogP contribution >= 0.6 is 0 Å². The third-order valence-electron chi connectivity index (χ3n) is 3.47. The van der Waals surface area contributed by atoms with Gasteiger partial charge in [0.05, 0.1) is 0 Å². The molecule has 2 aromatic carbocycles. The summed E-state index contributed by atoms with van der Waals surface area (Å²) in [5, 5.41) is 1.45. The fourth-order valence-electron chi connectivity index (χ4n) is 2.43. The minimum absolute atomic E-state index is 0.972. The standard InChI is InChI=1S/C19H23NSi/c1-20(2)16-18-12-8-9-13-19(18)21(3,4)15-14-17-10-6-5-7-11-17/h5-13H,16H2,1-4H3. The van der Waals surface area contributed by atoms with E-state index in [4.69, 9.17) is 0 Å². The van der Waals surface area contributed by atoms with E-state index in [9.17, 15) is 0 Å². The lowest BCUT2D eigenvalue weighted by Gasteiger charge is -2.21. The average molecular weight is 293 g/mol. The highest BCUT2D eigenvalue weighted by Crippen LogP contribution is 2.09. The van der Waals surface area contributed by atoms with Gasteiger partial charge in [-0.05, 0) is 37.0 Å². The summed E-state index contributed by atoms with van der Waals surface area (Å²) in [6.45, 7) is 5.63. The molecule has 0 aliphatic rings. The fourth-order valence-corrected chi connectivity index (χ4v) is 4.50. The number of hydrogen-bond donors (Lipinski definition) is 0. The largest absolute Gasteiger partial charge is 0.305 e. The van der Waals surface area contributed by atoms with Crippen LogP contribution in [0.1, 0.15) is 11.1 Å².